The van der Waals surface area contributed by atoms with Crippen molar-refractivity contribution in [3.63, 3.8) is 0 Å². The van der Waals surface area contributed by atoms with E-state index in [0.29, 0.717) is 6.42 Å². The highest BCUT2D eigenvalue weighted by atomic mass is 16.3. The third-order valence-electron chi connectivity index (χ3n) is 3.75. The molecule has 1 aromatic heterocycles. The lowest BCUT2D eigenvalue weighted by Crippen LogP contribution is -2.09. The van der Waals surface area contributed by atoms with Crippen LogP contribution >= 0.6 is 0 Å². The number of ketones is 1. The minimum Gasteiger partial charge on any atom is -0.464 e. The van der Waals surface area contributed by atoms with Gasteiger partial charge in [0, 0.05) is 17.4 Å². The fourth-order valence-corrected chi connectivity index (χ4v) is 2.82. The molecule has 0 unspecified atom stereocenters. The van der Waals surface area contributed by atoms with Gasteiger partial charge in [0.2, 0.25) is 0 Å². The monoisotopic (exact) mass is 260 g/mol. The Kier molecular flexibility index (Phi) is 2.36. The highest BCUT2D eigenvalue weighted by molar-refractivity contribution is 6.08. The minimum absolute atomic E-state index is 0.143. The van der Waals surface area contributed by atoms with E-state index in [4.69, 9.17) is 4.42 Å². The number of benzene rings is 2. The normalized spacial score (nSPS) is 14.2. The maximum absolute atomic E-state index is 12.0. The summed E-state index contributed by atoms with van der Waals surface area (Å²) >= 11 is 0. The Morgan fingerprint density at radius 1 is 0.900 bits per heavy atom. The van der Waals surface area contributed by atoms with Crippen molar-refractivity contribution in [3.05, 3.63) is 77.6 Å². The predicted molar refractivity (Wildman–Crippen MR) is 78.4 cm³/mol. The van der Waals surface area contributed by atoms with Crippen molar-refractivity contribution in [1.29, 1.82) is 0 Å². The van der Waals surface area contributed by atoms with Gasteiger partial charge in [-0.15, -0.1) is 0 Å². The lowest BCUT2D eigenvalue weighted by Gasteiger charge is -2.16. The molecule has 3 aromatic rings. The summed E-state index contributed by atoms with van der Waals surface area (Å²) in [5.41, 5.74) is 5.00. The molecule has 0 saturated carbocycles. The quantitative estimate of drug-likeness (QED) is 0.662. The first-order valence-electron chi connectivity index (χ1n) is 6.62. The summed E-state index contributed by atoms with van der Waals surface area (Å²) in [7, 11) is 0. The fourth-order valence-electron chi connectivity index (χ4n) is 2.82. The number of furan rings is 1. The van der Waals surface area contributed by atoms with Crippen LogP contribution in [0.4, 0.5) is 0 Å². The third kappa shape index (κ3) is 1.62. The minimum atomic E-state index is 0.143. The van der Waals surface area contributed by atoms with Crippen molar-refractivity contribution < 1.29 is 9.21 Å². The molecule has 0 N–H and O–H groups in total. The number of hydrogen-bond donors (Lipinski definition) is 0. The molecule has 1 aliphatic rings. The lowest BCUT2D eigenvalue weighted by atomic mass is 9.86. The Hall–Kier alpha value is -2.61. The highest BCUT2D eigenvalue weighted by Gasteiger charge is 2.20. The Bertz CT molecular complexity index is 852. The van der Waals surface area contributed by atoms with Crippen molar-refractivity contribution in [1.82, 2.24) is 0 Å². The van der Waals surface area contributed by atoms with Crippen LogP contribution in [-0.4, -0.2) is 5.78 Å². The Balaban J connectivity index is 1.99. The van der Waals surface area contributed by atoms with E-state index >= 15 is 0 Å². The Morgan fingerprint density at radius 3 is 2.65 bits per heavy atom. The molecule has 0 amide bonds. The van der Waals surface area contributed by atoms with Crippen LogP contribution < -0.4 is 0 Å². The molecule has 0 spiro atoms. The molecule has 2 heteroatoms. The average molecular weight is 260 g/mol. The highest BCUT2D eigenvalue weighted by Crippen LogP contribution is 2.35. The van der Waals surface area contributed by atoms with E-state index in [0.717, 1.165) is 33.2 Å². The van der Waals surface area contributed by atoms with Gasteiger partial charge in [-0.1, -0.05) is 42.5 Å². The number of carbonyl (C=O) groups is 1. The van der Waals surface area contributed by atoms with Crippen LogP contribution in [0.2, 0.25) is 0 Å². The molecule has 0 fully saturated rings. The number of hydrogen-bond acceptors (Lipinski definition) is 2. The topological polar surface area (TPSA) is 30.2 Å². The molecule has 0 bridgehead atoms. The van der Waals surface area contributed by atoms with E-state index < -0.39 is 0 Å². The number of rotatable bonds is 1. The summed E-state index contributed by atoms with van der Waals surface area (Å²) in [5, 5.41) is 1.04. The van der Waals surface area contributed by atoms with E-state index in [1.54, 1.807) is 12.3 Å². The zero-order chi connectivity index (χ0) is 13.5. The first-order valence-corrected chi connectivity index (χ1v) is 6.62. The molecule has 4 rings (SSSR count). The van der Waals surface area contributed by atoms with Crippen LogP contribution in [0.1, 0.15) is 16.7 Å². The van der Waals surface area contributed by atoms with Crippen LogP contribution in [0.25, 0.3) is 16.5 Å². The van der Waals surface area contributed by atoms with Crippen LogP contribution in [0.15, 0.2) is 65.3 Å². The first-order chi connectivity index (χ1) is 9.83. The van der Waals surface area contributed by atoms with Crippen LogP contribution in [-0.2, 0) is 11.2 Å². The molecule has 20 heavy (non-hydrogen) atoms. The van der Waals surface area contributed by atoms with Gasteiger partial charge in [-0.3, -0.25) is 4.79 Å². The van der Waals surface area contributed by atoms with E-state index in [2.05, 4.69) is 6.07 Å². The number of allylic oxidation sites excluding steroid dienone is 1. The van der Waals surface area contributed by atoms with Gasteiger partial charge >= 0.3 is 0 Å². The molecule has 2 nitrogen and oxygen atoms in total. The van der Waals surface area contributed by atoms with Gasteiger partial charge < -0.3 is 4.42 Å². The molecule has 0 atom stereocenters. The summed E-state index contributed by atoms with van der Waals surface area (Å²) in [6, 6.07) is 16.0. The van der Waals surface area contributed by atoms with Gasteiger partial charge in [-0.2, -0.15) is 0 Å². The smallest absolute Gasteiger partial charge is 0.160 e. The Labute approximate surface area is 116 Å². The van der Waals surface area contributed by atoms with Gasteiger partial charge in [0.05, 0.1) is 6.26 Å². The standard InChI is InChI=1S/C18H12O2/c19-13-9-12-5-1-2-6-14(12)16(10-13)17-11-20-18-8-4-3-7-15(17)18/h1-8,10-11H,9H2. The molecule has 0 saturated heterocycles. The molecule has 1 aliphatic carbocycles. The van der Waals surface area contributed by atoms with Gasteiger partial charge in [0.15, 0.2) is 5.78 Å². The molecule has 2 aromatic carbocycles. The van der Waals surface area contributed by atoms with Crippen molar-refractivity contribution >= 4 is 22.3 Å². The fraction of sp³-hybridized carbons (Fsp3) is 0.0556. The molecule has 96 valence electrons. The van der Waals surface area contributed by atoms with Gasteiger partial charge in [-0.05, 0) is 28.8 Å². The summed E-state index contributed by atoms with van der Waals surface area (Å²) < 4.78 is 5.60. The lowest BCUT2D eigenvalue weighted by molar-refractivity contribution is -0.114. The second-order valence-electron chi connectivity index (χ2n) is 5.00. The molecular weight excluding hydrogens is 248 g/mol. The summed E-state index contributed by atoms with van der Waals surface area (Å²) in [4.78, 5) is 12.0. The summed E-state index contributed by atoms with van der Waals surface area (Å²) in [6.45, 7) is 0. The van der Waals surface area contributed by atoms with E-state index in [1.165, 1.54) is 0 Å². The van der Waals surface area contributed by atoms with Crippen LogP contribution in [0.3, 0.4) is 0 Å². The van der Waals surface area contributed by atoms with Gasteiger partial charge in [0.1, 0.15) is 5.58 Å². The molecule has 0 radical (unpaired) electrons. The second-order valence-corrected chi connectivity index (χ2v) is 5.00. The summed E-state index contributed by atoms with van der Waals surface area (Å²) in [6.07, 6.45) is 3.96. The summed E-state index contributed by atoms with van der Waals surface area (Å²) in [5.74, 6) is 0.143. The zero-order valence-corrected chi connectivity index (χ0v) is 10.8. The number of fused-ring (bicyclic) bond motifs is 2. The van der Waals surface area contributed by atoms with Crippen LogP contribution in [0.5, 0.6) is 0 Å². The maximum Gasteiger partial charge on any atom is 0.160 e. The number of carbonyl (C=O) groups excluding carboxylic acids is 1. The van der Waals surface area contributed by atoms with E-state index in [1.807, 2.05) is 42.5 Å². The molecular formula is C18H12O2. The van der Waals surface area contributed by atoms with E-state index in [9.17, 15) is 4.79 Å². The SMILES string of the molecule is O=C1C=C(c2coc3ccccc23)c2ccccc2C1. The molecule has 0 aliphatic heterocycles. The van der Waals surface area contributed by atoms with E-state index in [-0.39, 0.29) is 5.78 Å². The third-order valence-corrected chi connectivity index (χ3v) is 3.75. The van der Waals surface area contributed by atoms with Crippen molar-refractivity contribution in [2.75, 3.05) is 0 Å². The molecule has 1 heterocycles. The van der Waals surface area contributed by atoms with Crippen LogP contribution in [0, 0.1) is 0 Å². The van der Waals surface area contributed by atoms with Crippen molar-refractivity contribution in [3.8, 4) is 0 Å². The number of para-hydroxylation sites is 1. The zero-order valence-electron chi connectivity index (χ0n) is 10.8. The average Bonchev–Trinajstić information content (AvgIpc) is 2.90. The Morgan fingerprint density at radius 2 is 1.70 bits per heavy atom. The van der Waals surface area contributed by atoms with Gasteiger partial charge in [-0.25, -0.2) is 0 Å². The predicted octanol–water partition coefficient (Wildman–Crippen LogP) is 3.99. The second kappa shape index (κ2) is 4.20. The first kappa shape index (κ1) is 11.2. The van der Waals surface area contributed by atoms with Crippen molar-refractivity contribution in [2.45, 2.75) is 6.42 Å². The van der Waals surface area contributed by atoms with Crippen molar-refractivity contribution in [2.24, 2.45) is 0 Å². The largest absolute Gasteiger partial charge is 0.464 e. The maximum atomic E-state index is 12.0. The van der Waals surface area contributed by atoms with Gasteiger partial charge in [0.25, 0.3) is 0 Å².